The first-order valence-corrected chi connectivity index (χ1v) is 15.6. The van der Waals surface area contributed by atoms with Crippen LogP contribution in [0.5, 0.6) is 0 Å². The first-order chi connectivity index (χ1) is 21.1. The number of amides is 5. The van der Waals surface area contributed by atoms with Gasteiger partial charge in [0.15, 0.2) is 0 Å². The number of hydrogen-bond donors (Lipinski definition) is 8. The minimum Gasteiger partial charge on any atom is -0.469 e. The number of carbonyl (C=O) groups is 6. The number of aliphatic hydroxyl groups is 1. The van der Waals surface area contributed by atoms with Crippen LogP contribution in [-0.4, -0.2) is 99.1 Å². The highest BCUT2D eigenvalue weighted by Gasteiger charge is 2.15. The van der Waals surface area contributed by atoms with Crippen LogP contribution < -0.4 is 38.1 Å². The average Bonchev–Trinajstić information content (AvgIpc) is 2.99. The Hall–Kier alpha value is -3.30. The molecule has 0 radical (unpaired) electrons. The number of rotatable bonds is 28. The maximum Gasteiger partial charge on any atom is 0.305 e. The Morgan fingerprint density at radius 3 is 1.91 bits per heavy atom. The van der Waals surface area contributed by atoms with E-state index >= 15 is 0 Å². The minimum atomic E-state index is -0.880. The highest BCUT2D eigenvalue weighted by Crippen LogP contribution is 2.10. The van der Waals surface area contributed by atoms with Crippen molar-refractivity contribution in [1.29, 1.82) is 0 Å². The monoisotopic (exact) mass is 629 g/mol. The molecule has 0 rings (SSSR count). The predicted molar refractivity (Wildman–Crippen MR) is 165 cm³/mol. The van der Waals surface area contributed by atoms with Gasteiger partial charge in [-0.25, -0.2) is 0 Å². The summed E-state index contributed by atoms with van der Waals surface area (Å²) >= 11 is 0. The molecule has 0 aliphatic carbocycles. The molecule has 0 bridgehead atoms. The maximum absolute atomic E-state index is 12.1. The second-order valence-corrected chi connectivity index (χ2v) is 10.7. The lowest BCUT2D eigenvalue weighted by Gasteiger charge is -2.17. The highest BCUT2D eigenvalue weighted by molar-refractivity contribution is 5.87. The molecule has 0 fully saturated rings. The van der Waals surface area contributed by atoms with Crippen molar-refractivity contribution in [2.75, 3.05) is 46.4 Å². The summed E-state index contributed by atoms with van der Waals surface area (Å²) in [5.41, 5.74) is 11.0. The molecule has 0 aliphatic heterocycles. The molecule has 0 spiro atoms. The molecule has 0 aromatic carbocycles. The molecule has 2 unspecified atom stereocenters. The van der Waals surface area contributed by atoms with Crippen LogP contribution in [-0.2, 0) is 33.5 Å². The lowest BCUT2D eigenvalue weighted by molar-refractivity contribution is -0.140. The van der Waals surface area contributed by atoms with Gasteiger partial charge in [-0.15, -0.1) is 0 Å². The van der Waals surface area contributed by atoms with Gasteiger partial charge < -0.3 is 47.9 Å². The Kier molecular flexibility index (Phi) is 25.2. The van der Waals surface area contributed by atoms with E-state index in [1.54, 1.807) is 0 Å². The fourth-order valence-corrected chi connectivity index (χ4v) is 4.13. The van der Waals surface area contributed by atoms with Gasteiger partial charge in [0, 0.05) is 51.9 Å². The molecule has 15 nitrogen and oxygen atoms in total. The van der Waals surface area contributed by atoms with Gasteiger partial charge in [0.25, 0.3) is 0 Å². The van der Waals surface area contributed by atoms with Crippen molar-refractivity contribution in [2.24, 2.45) is 11.5 Å². The number of esters is 1. The molecule has 0 aromatic heterocycles. The van der Waals surface area contributed by atoms with E-state index < -0.39 is 29.9 Å². The zero-order valence-corrected chi connectivity index (χ0v) is 26.3. The Bertz CT molecular complexity index is 860. The van der Waals surface area contributed by atoms with Gasteiger partial charge in [0.05, 0.1) is 32.3 Å². The summed E-state index contributed by atoms with van der Waals surface area (Å²) in [6.45, 7) is 0.597. The van der Waals surface area contributed by atoms with Crippen LogP contribution in [0.15, 0.2) is 0 Å². The molecule has 0 saturated carbocycles. The van der Waals surface area contributed by atoms with E-state index in [0.29, 0.717) is 32.4 Å². The summed E-state index contributed by atoms with van der Waals surface area (Å²) in [5.74, 6) is -1.93. The first kappa shape index (κ1) is 40.7. The van der Waals surface area contributed by atoms with Gasteiger partial charge in [0.2, 0.25) is 29.5 Å². The lowest BCUT2D eigenvalue weighted by Crippen LogP contribution is -2.50. The molecule has 5 amide bonds. The summed E-state index contributed by atoms with van der Waals surface area (Å²) in [7, 11) is 1.27. The van der Waals surface area contributed by atoms with Crippen molar-refractivity contribution < 1.29 is 38.6 Å². The van der Waals surface area contributed by atoms with Crippen molar-refractivity contribution in [3.8, 4) is 0 Å². The van der Waals surface area contributed by atoms with Gasteiger partial charge in [0.1, 0.15) is 0 Å². The summed E-state index contributed by atoms with van der Waals surface area (Å²) in [6.07, 6.45) is 9.89. The molecule has 44 heavy (non-hydrogen) atoms. The fourth-order valence-electron chi connectivity index (χ4n) is 4.13. The molecule has 0 saturated heterocycles. The minimum absolute atomic E-state index is 0.0189. The summed E-state index contributed by atoms with van der Waals surface area (Å²) in [5, 5.41) is 23.0. The molecule has 2 atom stereocenters. The first-order valence-electron chi connectivity index (χ1n) is 15.6. The number of nitrogens with one attached hydrogen (secondary N) is 5. The molecule has 0 aliphatic rings. The molecule has 0 aromatic rings. The molecule has 0 heterocycles. The lowest BCUT2D eigenvalue weighted by atomic mass is 10.1. The number of aliphatic hydroxyl groups excluding tert-OH is 1. The third-order valence-corrected chi connectivity index (χ3v) is 6.74. The smallest absolute Gasteiger partial charge is 0.305 e. The van der Waals surface area contributed by atoms with Crippen LogP contribution in [0.4, 0.5) is 0 Å². The normalized spacial score (nSPS) is 12.1. The Morgan fingerprint density at radius 1 is 0.705 bits per heavy atom. The molecule has 15 heteroatoms. The van der Waals surface area contributed by atoms with Crippen molar-refractivity contribution in [2.45, 2.75) is 102 Å². The van der Waals surface area contributed by atoms with Crippen molar-refractivity contribution in [3.63, 3.8) is 0 Å². The number of hydrogen-bond acceptors (Lipinski definition) is 10. The standard InChI is InChI=1S/C29H55N7O8/c1-44-28(42)14-10-13-26(40)36-22(21-37)15-16-33-27(41)20-35-29(43)23(30)19-32-17-18-34-25(39)12-9-7-5-3-2-4-6-8-11-24(31)38/h22-23,32,37H,2-21,30H2,1H3,(H2,31,38)(H,33,41)(H,34,39)(H,35,43)(H,36,40). The van der Waals surface area contributed by atoms with E-state index in [2.05, 4.69) is 31.3 Å². The Balaban J connectivity index is 3.79. The number of primary amides is 1. The third kappa shape index (κ3) is 25.2. The largest absolute Gasteiger partial charge is 0.469 e. The summed E-state index contributed by atoms with van der Waals surface area (Å²) in [6, 6.07) is -1.44. The van der Waals surface area contributed by atoms with Gasteiger partial charge in [-0.05, 0) is 25.7 Å². The molecule has 10 N–H and O–H groups in total. The Morgan fingerprint density at radius 2 is 1.30 bits per heavy atom. The van der Waals surface area contributed by atoms with Crippen LogP contribution >= 0.6 is 0 Å². The summed E-state index contributed by atoms with van der Waals surface area (Å²) < 4.78 is 4.51. The van der Waals surface area contributed by atoms with Crippen molar-refractivity contribution in [3.05, 3.63) is 0 Å². The van der Waals surface area contributed by atoms with Gasteiger partial charge in [-0.2, -0.15) is 0 Å². The zero-order valence-electron chi connectivity index (χ0n) is 26.3. The average molecular weight is 630 g/mol. The van der Waals surface area contributed by atoms with Crippen LogP contribution in [0.1, 0.15) is 89.9 Å². The SMILES string of the molecule is COC(=O)CCCC(=O)NC(CO)CCNC(=O)CNC(=O)C(N)CNCCNC(=O)CCCCCCCCCCC(N)=O. The van der Waals surface area contributed by atoms with Crippen LogP contribution in [0, 0.1) is 0 Å². The van der Waals surface area contributed by atoms with E-state index in [4.69, 9.17) is 11.5 Å². The van der Waals surface area contributed by atoms with E-state index in [1.165, 1.54) is 7.11 Å². The second kappa shape index (κ2) is 27.3. The molecular formula is C29H55N7O8. The van der Waals surface area contributed by atoms with E-state index in [9.17, 15) is 33.9 Å². The van der Waals surface area contributed by atoms with Crippen LogP contribution in [0.2, 0.25) is 0 Å². The number of methoxy groups -OCH3 is 1. The van der Waals surface area contributed by atoms with Crippen LogP contribution in [0.25, 0.3) is 0 Å². The predicted octanol–water partition coefficient (Wildman–Crippen LogP) is -1.15. The van der Waals surface area contributed by atoms with Crippen LogP contribution in [0.3, 0.4) is 0 Å². The quantitative estimate of drug-likeness (QED) is 0.0381. The highest BCUT2D eigenvalue weighted by atomic mass is 16.5. The van der Waals surface area contributed by atoms with E-state index in [-0.39, 0.29) is 63.2 Å². The van der Waals surface area contributed by atoms with Crippen molar-refractivity contribution in [1.82, 2.24) is 26.6 Å². The fraction of sp³-hybridized carbons (Fsp3) is 0.793. The number of ether oxygens (including phenoxy) is 1. The zero-order chi connectivity index (χ0) is 33.0. The van der Waals surface area contributed by atoms with Gasteiger partial charge in [-0.1, -0.05) is 38.5 Å². The molecule has 254 valence electrons. The number of unbranched alkanes of at least 4 members (excludes halogenated alkanes) is 7. The third-order valence-electron chi connectivity index (χ3n) is 6.74. The topological polar surface area (TPSA) is 244 Å². The van der Waals surface area contributed by atoms with Gasteiger partial charge in [-0.3, -0.25) is 28.8 Å². The Labute approximate surface area is 260 Å². The number of carbonyl (C=O) groups excluding carboxylic acids is 6. The summed E-state index contributed by atoms with van der Waals surface area (Å²) in [4.78, 5) is 69.8. The maximum atomic E-state index is 12.1. The number of nitrogens with two attached hydrogens (primary N) is 2. The van der Waals surface area contributed by atoms with Crippen molar-refractivity contribution >= 4 is 35.5 Å². The van der Waals surface area contributed by atoms with E-state index in [1.807, 2.05) is 0 Å². The van der Waals surface area contributed by atoms with Gasteiger partial charge >= 0.3 is 5.97 Å². The second-order valence-electron chi connectivity index (χ2n) is 10.7. The molecular weight excluding hydrogens is 574 g/mol. The van der Waals surface area contributed by atoms with E-state index in [0.717, 1.165) is 51.4 Å².